The molecule has 17 heavy (non-hydrogen) atoms. The molecule has 1 fully saturated rings. The van der Waals surface area contributed by atoms with Gasteiger partial charge in [-0.2, -0.15) is 0 Å². The number of aliphatic hydroxyl groups excluding tert-OH is 1. The number of nitrogens with zero attached hydrogens (tertiary/aromatic N) is 1. The van der Waals surface area contributed by atoms with E-state index < -0.39 is 0 Å². The van der Waals surface area contributed by atoms with Gasteiger partial charge in [-0.3, -0.25) is 4.79 Å². The van der Waals surface area contributed by atoms with Crippen molar-refractivity contribution in [3.8, 4) is 0 Å². The number of aliphatic hydroxyl groups is 1. The Morgan fingerprint density at radius 3 is 2.71 bits per heavy atom. The smallest absolute Gasteiger partial charge is 0.251 e. The lowest BCUT2D eigenvalue weighted by molar-refractivity contribution is 0.0923. The largest absolute Gasteiger partial charge is 0.396 e. The van der Waals surface area contributed by atoms with E-state index in [-0.39, 0.29) is 17.6 Å². The summed E-state index contributed by atoms with van der Waals surface area (Å²) in [7, 11) is 0. The van der Waals surface area contributed by atoms with Crippen LogP contribution in [0.25, 0.3) is 0 Å². The van der Waals surface area contributed by atoms with Crippen molar-refractivity contribution in [3.05, 3.63) is 27.9 Å². The van der Waals surface area contributed by atoms with Crippen LogP contribution in [0.5, 0.6) is 0 Å². The second kappa shape index (κ2) is 4.61. The Morgan fingerprint density at radius 2 is 2.18 bits per heavy atom. The van der Waals surface area contributed by atoms with Gasteiger partial charge in [0.05, 0.1) is 0 Å². The van der Waals surface area contributed by atoms with Crippen molar-refractivity contribution < 1.29 is 5.11 Å². The first-order valence-corrected chi connectivity index (χ1v) is 6.21. The Bertz CT molecular complexity index is 445. The molecule has 1 aromatic rings. The first kappa shape index (κ1) is 12.3. The molecule has 1 heterocycles. The highest BCUT2D eigenvalue weighted by Gasteiger charge is 2.31. The Hall–Kier alpha value is -1.16. The second-order valence-electron chi connectivity index (χ2n) is 5.52. The fourth-order valence-electron chi connectivity index (χ4n) is 2.54. The van der Waals surface area contributed by atoms with E-state index in [1.165, 1.54) is 6.07 Å². The van der Waals surface area contributed by atoms with Crippen LogP contribution >= 0.6 is 0 Å². The van der Waals surface area contributed by atoms with Gasteiger partial charge in [0.15, 0.2) is 0 Å². The van der Waals surface area contributed by atoms with Gasteiger partial charge in [0.2, 0.25) is 0 Å². The standard InChI is InChI=1S/C13H20N2O2/c1-9-7-11(17)15-12(14-9)10-3-5-13(2,8-16)6-4-10/h7,10,16H,3-6,8H2,1-2H3,(H,14,15,17). The number of aromatic nitrogens is 2. The van der Waals surface area contributed by atoms with Gasteiger partial charge in [-0.05, 0) is 38.0 Å². The van der Waals surface area contributed by atoms with Gasteiger partial charge in [0, 0.05) is 24.3 Å². The molecule has 0 amide bonds. The molecule has 0 spiro atoms. The average molecular weight is 236 g/mol. The van der Waals surface area contributed by atoms with Crippen LogP contribution in [0.1, 0.15) is 50.0 Å². The van der Waals surface area contributed by atoms with Gasteiger partial charge in [0.1, 0.15) is 5.82 Å². The van der Waals surface area contributed by atoms with Crippen LogP contribution in [0.3, 0.4) is 0 Å². The van der Waals surface area contributed by atoms with Crippen molar-refractivity contribution in [2.75, 3.05) is 6.61 Å². The van der Waals surface area contributed by atoms with Gasteiger partial charge < -0.3 is 10.1 Å². The molecule has 1 aliphatic rings. The summed E-state index contributed by atoms with van der Waals surface area (Å²) in [6.45, 7) is 4.21. The zero-order valence-corrected chi connectivity index (χ0v) is 10.5. The Morgan fingerprint density at radius 1 is 1.53 bits per heavy atom. The van der Waals surface area contributed by atoms with E-state index in [0.717, 1.165) is 37.2 Å². The molecular formula is C13H20N2O2. The monoisotopic (exact) mass is 236 g/mol. The van der Waals surface area contributed by atoms with Crippen molar-refractivity contribution in [1.82, 2.24) is 9.97 Å². The predicted octanol–water partition coefficient (Wildman–Crippen LogP) is 1.73. The van der Waals surface area contributed by atoms with E-state index in [2.05, 4.69) is 16.9 Å². The lowest BCUT2D eigenvalue weighted by Gasteiger charge is -2.35. The SMILES string of the molecule is Cc1cc(=O)[nH]c(C2CCC(C)(CO)CC2)n1. The summed E-state index contributed by atoms with van der Waals surface area (Å²) < 4.78 is 0. The van der Waals surface area contributed by atoms with Gasteiger partial charge >= 0.3 is 0 Å². The molecule has 94 valence electrons. The Balaban J connectivity index is 2.13. The Kier molecular flexibility index (Phi) is 3.33. The fourth-order valence-corrected chi connectivity index (χ4v) is 2.54. The van der Waals surface area contributed by atoms with Gasteiger partial charge in [0.25, 0.3) is 5.56 Å². The normalized spacial score (nSPS) is 29.2. The van der Waals surface area contributed by atoms with Crippen LogP contribution in [0.2, 0.25) is 0 Å². The summed E-state index contributed by atoms with van der Waals surface area (Å²) >= 11 is 0. The summed E-state index contributed by atoms with van der Waals surface area (Å²) in [6, 6.07) is 1.52. The second-order valence-corrected chi connectivity index (χ2v) is 5.52. The quantitative estimate of drug-likeness (QED) is 0.822. The van der Waals surface area contributed by atoms with Gasteiger partial charge in [-0.25, -0.2) is 4.98 Å². The van der Waals surface area contributed by atoms with Crippen molar-refractivity contribution in [2.45, 2.75) is 45.4 Å². The van der Waals surface area contributed by atoms with Crippen molar-refractivity contribution in [1.29, 1.82) is 0 Å². The maximum atomic E-state index is 11.4. The zero-order valence-electron chi connectivity index (χ0n) is 10.5. The molecule has 0 unspecified atom stereocenters. The van der Waals surface area contributed by atoms with Crippen molar-refractivity contribution in [3.63, 3.8) is 0 Å². The molecule has 0 bridgehead atoms. The summed E-state index contributed by atoms with van der Waals surface area (Å²) in [6.07, 6.45) is 3.96. The van der Waals surface area contributed by atoms with E-state index in [4.69, 9.17) is 0 Å². The topological polar surface area (TPSA) is 66.0 Å². The lowest BCUT2D eigenvalue weighted by Crippen LogP contribution is -2.28. The van der Waals surface area contributed by atoms with Gasteiger partial charge in [-0.15, -0.1) is 0 Å². The minimum Gasteiger partial charge on any atom is -0.396 e. The van der Waals surface area contributed by atoms with E-state index >= 15 is 0 Å². The molecule has 0 aliphatic heterocycles. The highest BCUT2D eigenvalue weighted by atomic mass is 16.3. The fraction of sp³-hybridized carbons (Fsp3) is 0.692. The predicted molar refractivity (Wildman–Crippen MR) is 66.0 cm³/mol. The van der Waals surface area contributed by atoms with Crippen LogP contribution < -0.4 is 5.56 Å². The number of nitrogens with one attached hydrogen (secondary N) is 1. The highest BCUT2D eigenvalue weighted by Crippen LogP contribution is 2.41. The number of hydrogen-bond acceptors (Lipinski definition) is 3. The van der Waals surface area contributed by atoms with Crippen molar-refractivity contribution in [2.24, 2.45) is 5.41 Å². The number of rotatable bonds is 2. The van der Waals surface area contributed by atoms with E-state index in [9.17, 15) is 9.90 Å². The summed E-state index contributed by atoms with van der Waals surface area (Å²) in [5, 5.41) is 9.32. The molecule has 4 heteroatoms. The summed E-state index contributed by atoms with van der Waals surface area (Å²) in [5.74, 6) is 1.15. The maximum absolute atomic E-state index is 11.4. The molecule has 1 aliphatic carbocycles. The van der Waals surface area contributed by atoms with Gasteiger partial charge in [-0.1, -0.05) is 6.92 Å². The molecule has 2 rings (SSSR count). The van der Waals surface area contributed by atoms with Crippen LogP contribution in [-0.2, 0) is 0 Å². The first-order valence-electron chi connectivity index (χ1n) is 6.21. The van der Waals surface area contributed by atoms with E-state index in [1.54, 1.807) is 0 Å². The molecular weight excluding hydrogens is 216 g/mol. The third kappa shape index (κ3) is 2.75. The molecule has 0 atom stereocenters. The summed E-state index contributed by atoms with van der Waals surface area (Å²) in [5.41, 5.74) is 0.767. The van der Waals surface area contributed by atoms with Crippen LogP contribution in [0.15, 0.2) is 10.9 Å². The number of H-pyrrole nitrogens is 1. The molecule has 0 radical (unpaired) electrons. The van der Waals surface area contributed by atoms with Crippen LogP contribution in [-0.4, -0.2) is 21.7 Å². The van der Waals surface area contributed by atoms with Crippen LogP contribution in [0, 0.1) is 12.3 Å². The number of aryl methyl sites for hydroxylation is 1. The third-order valence-electron chi connectivity index (χ3n) is 3.85. The first-order chi connectivity index (χ1) is 8.02. The molecule has 1 aromatic heterocycles. The molecule has 2 N–H and O–H groups in total. The lowest BCUT2D eigenvalue weighted by atomic mass is 9.72. The minimum atomic E-state index is -0.0667. The molecule has 0 aromatic carbocycles. The maximum Gasteiger partial charge on any atom is 0.251 e. The average Bonchev–Trinajstić information content (AvgIpc) is 2.29. The molecule has 0 saturated heterocycles. The molecule has 4 nitrogen and oxygen atoms in total. The van der Waals surface area contributed by atoms with Crippen molar-refractivity contribution >= 4 is 0 Å². The van der Waals surface area contributed by atoms with E-state index in [1.807, 2.05) is 6.92 Å². The number of hydrogen-bond donors (Lipinski definition) is 2. The Labute approximate surface area is 101 Å². The highest BCUT2D eigenvalue weighted by molar-refractivity contribution is 5.06. The zero-order chi connectivity index (χ0) is 12.5. The molecule has 1 saturated carbocycles. The van der Waals surface area contributed by atoms with Crippen LogP contribution in [0.4, 0.5) is 0 Å². The number of aromatic amines is 1. The minimum absolute atomic E-state index is 0.0562. The van der Waals surface area contributed by atoms with E-state index in [0.29, 0.717) is 5.92 Å². The third-order valence-corrected chi connectivity index (χ3v) is 3.85. The summed E-state index contributed by atoms with van der Waals surface area (Å²) in [4.78, 5) is 18.6.